The highest BCUT2D eigenvalue weighted by Crippen LogP contribution is 2.57. The Kier molecular flexibility index (Phi) is 4.25. The first-order chi connectivity index (χ1) is 11.5. The van der Waals surface area contributed by atoms with Crippen LogP contribution in [0, 0.1) is 11.8 Å². The van der Waals surface area contributed by atoms with Crippen molar-refractivity contribution < 1.29 is 24.0 Å². The number of ether oxygens (including phenoxy) is 2. The Balaban J connectivity index is 1.47. The molecule has 1 heterocycles. The Morgan fingerprint density at radius 3 is 2.29 bits per heavy atom. The van der Waals surface area contributed by atoms with Gasteiger partial charge in [-0.1, -0.05) is 12.8 Å². The standard InChI is InChI=1S/C18H29NO5/c1-19(2)16(20)21-15-10-5-11-17(12-15)22-18(24-23-17)13-6-3-7-14(18)9-4-8-13/h13-15H,3-12H2,1-2H3. The molecule has 3 aliphatic carbocycles. The first-order valence-electron chi connectivity index (χ1n) is 9.48. The SMILES string of the molecule is CN(C)C(=O)OC1CCCC2(C1)OOC1(O2)C2CCCC1CCC2. The van der Waals surface area contributed by atoms with Gasteiger partial charge < -0.3 is 14.4 Å². The predicted molar refractivity (Wildman–Crippen MR) is 85.8 cm³/mol. The molecule has 24 heavy (non-hydrogen) atoms. The summed E-state index contributed by atoms with van der Waals surface area (Å²) >= 11 is 0. The molecule has 2 atom stereocenters. The smallest absolute Gasteiger partial charge is 0.409 e. The fourth-order valence-electron chi connectivity index (χ4n) is 5.08. The summed E-state index contributed by atoms with van der Waals surface area (Å²) < 4.78 is 12.2. The summed E-state index contributed by atoms with van der Waals surface area (Å²) in [6.07, 6.45) is 9.84. The Hall–Kier alpha value is -0.850. The average Bonchev–Trinajstić information content (AvgIpc) is 2.86. The molecule has 6 nitrogen and oxygen atoms in total. The first-order valence-corrected chi connectivity index (χ1v) is 9.48. The van der Waals surface area contributed by atoms with Gasteiger partial charge in [0.25, 0.3) is 0 Å². The van der Waals surface area contributed by atoms with Gasteiger partial charge in [0.1, 0.15) is 6.10 Å². The zero-order valence-electron chi connectivity index (χ0n) is 14.8. The molecule has 0 aromatic carbocycles. The average molecular weight is 339 g/mol. The van der Waals surface area contributed by atoms with Crippen molar-refractivity contribution in [3.8, 4) is 0 Å². The van der Waals surface area contributed by atoms with Gasteiger partial charge in [0.15, 0.2) is 0 Å². The Morgan fingerprint density at radius 1 is 1.00 bits per heavy atom. The second-order valence-corrected chi connectivity index (χ2v) is 8.15. The number of carbonyl (C=O) groups excluding carboxylic acids is 1. The highest BCUT2D eigenvalue weighted by Gasteiger charge is 2.63. The lowest BCUT2D eigenvalue weighted by atomic mass is 9.67. The maximum absolute atomic E-state index is 11.9. The van der Waals surface area contributed by atoms with E-state index in [0.29, 0.717) is 18.3 Å². The quantitative estimate of drug-likeness (QED) is 0.683. The zero-order chi connectivity index (χ0) is 16.8. The molecule has 4 rings (SSSR count). The Morgan fingerprint density at radius 2 is 1.67 bits per heavy atom. The van der Waals surface area contributed by atoms with E-state index in [0.717, 1.165) is 44.9 Å². The van der Waals surface area contributed by atoms with Crippen molar-refractivity contribution in [2.24, 2.45) is 11.8 Å². The van der Waals surface area contributed by atoms with E-state index < -0.39 is 11.6 Å². The van der Waals surface area contributed by atoms with Crippen molar-refractivity contribution in [3.63, 3.8) is 0 Å². The lowest BCUT2D eigenvalue weighted by Crippen LogP contribution is -2.53. The molecule has 136 valence electrons. The van der Waals surface area contributed by atoms with Gasteiger partial charge in [-0.15, -0.1) is 0 Å². The van der Waals surface area contributed by atoms with E-state index in [9.17, 15) is 4.79 Å². The Bertz CT molecular complexity index is 474. The minimum Gasteiger partial charge on any atom is -0.446 e. The molecular formula is C18H29NO5. The molecule has 2 bridgehead atoms. The highest BCUT2D eigenvalue weighted by molar-refractivity contribution is 5.66. The molecule has 6 heteroatoms. The zero-order valence-corrected chi connectivity index (χ0v) is 14.8. The molecule has 2 spiro atoms. The molecule has 1 aliphatic heterocycles. The maximum atomic E-state index is 11.9. The highest BCUT2D eigenvalue weighted by atomic mass is 17.3. The normalized spacial score (nSPS) is 44.7. The number of amides is 1. The minimum absolute atomic E-state index is 0.171. The lowest BCUT2D eigenvalue weighted by molar-refractivity contribution is -0.382. The summed E-state index contributed by atoms with van der Waals surface area (Å²) in [5, 5.41) is 0. The van der Waals surface area contributed by atoms with Crippen LogP contribution in [0.5, 0.6) is 0 Å². The number of rotatable bonds is 1. The van der Waals surface area contributed by atoms with E-state index in [4.69, 9.17) is 19.2 Å². The summed E-state index contributed by atoms with van der Waals surface area (Å²) in [4.78, 5) is 25.1. The van der Waals surface area contributed by atoms with Crippen LogP contribution < -0.4 is 0 Å². The van der Waals surface area contributed by atoms with Gasteiger partial charge in [0.2, 0.25) is 11.6 Å². The monoisotopic (exact) mass is 339 g/mol. The molecule has 0 aromatic heterocycles. The molecule has 1 saturated heterocycles. The molecule has 0 N–H and O–H groups in total. The fourth-order valence-corrected chi connectivity index (χ4v) is 5.08. The summed E-state index contributed by atoms with van der Waals surface area (Å²) in [5.74, 6) is -0.409. The second-order valence-electron chi connectivity index (χ2n) is 8.15. The van der Waals surface area contributed by atoms with Gasteiger partial charge >= 0.3 is 6.09 Å². The number of carbonyl (C=O) groups is 1. The van der Waals surface area contributed by atoms with Crippen molar-refractivity contribution in [2.75, 3.05) is 14.1 Å². The Labute approximate surface area is 143 Å². The van der Waals surface area contributed by atoms with Crippen molar-refractivity contribution >= 4 is 6.09 Å². The summed E-state index contributed by atoms with van der Waals surface area (Å²) in [7, 11) is 3.40. The third kappa shape index (κ3) is 2.72. The van der Waals surface area contributed by atoms with Crippen LogP contribution in [0.3, 0.4) is 0 Å². The summed E-state index contributed by atoms with van der Waals surface area (Å²) in [5.41, 5.74) is 0. The van der Waals surface area contributed by atoms with Crippen LogP contribution in [0.4, 0.5) is 4.79 Å². The van der Waals surface area contributed by atoms with E-state index in [-0.39, 0.29) is 12.2 Å². The van der Waals surface area contributed by atoms with Gasteiger partial charge in [0.05, 0.1) is 0 Å². The van der Waals surface area contributed by atoms with Crippen LogP contribution in [-0.4, -0.2) is 42.8 Å². The van der Waals surface area contributed by atoms with Crippen LogP contribution in [0.15, 0.2) is 0 Å². The van der Waals surface area contributed by atoms with Gasteiger partial charge in [-0.25, -0.2) is 4.79 Å². The molecule has 2 unspecified atom stereocenters. The number of hydrogen-bond acceptors (Lipinski definition) is 5. The third-order valence-electron chi connectivity index (χ3n) is 6.27. The van der Waals surface area contributed by atoms with Gasteiger partial charge in [-0.3, -0.25) is 0 Å². The summed E-state index contributed by atoms with van der Waals surface area (Å²) in [6, 6.07) is 0. The fraction of sp³-hybridized carbons (Fsp3) is 0.944. The van der Waals surface area contributed by atoms with E-state index in [2.05, 4.69) is 0 Å². The third-order valence-corrected chi connectivity index (χ3v) is 6.27. The van der Waals surface area contributed by atoms with Gasteiger partial charge in [-0.05, 0) is 38.5 Å². The predicted octanol–water partition coefficient (Wildman–Crippen LogP) is 3.60. The van der Waals surface area contributed by atoms with E-state index in [1.807, 2.05) is 0 Å². The van der Waals surface area contributed by atoms with Crippen molar-refractivity contribution in [3.05, 3.63) is 0 Å². The first kappa shape index (κ1) is 16.6. The molecule has 1 amide bonds. The topological polar surface area (TPSA) is 57.2 Å². The molecule has 4 aliphatic rings. The van der Waals surface area contributed by atoms with Crippen LogP contribution in [0.25, 0.3) is 0 Å². The van der Waals surface area contributed by atoms with E-state index in [1.165, 1.54) is 17.7 Å². The van der Waals surface area contributed by atoms with Gasteiger partial charge in [0, 0.05) is 38.8 Å². The van der Waals surface area contributed by atoms with Crippen LogP contribution >= 0.6 is 0 Å². The van der Waals surface area contributed by atoms with Crippen molar-refractivity contribution in [1.29, 1.82) is 0 Å². The van der Waals surface area contributed by atoms with Crippen molar-refractivity contribution in [1.82, 2.24) is 4.90 Å². The van der Waals surface area contributed by atoms with Crippen molar-refractivity contribution in [2.45, 2.75) is 81.9 Å². The molecule has 0 aromatic rings. The van der Waals surface area contributed by atoms with Crippen LogP contribution in [0.2, 0.25) is 0 Å². The molecule has 3 saturated carbocycles. The van der Waals surface area contributed by atoms with E-state index >= 15 is 0 Å². The largest absolute Gasteiger partial charge is 0.446 e. The number of hydrogen-bond donors (Lipinski definition) is 0. The molecular weight excluding hydrogens is 310 g/mol. The second kappa shape index (κ2) is 6.15. The van der Waals surface area contributed by atoms with Gasteiger partial charge in [-0.2, -0.15) is 9.78 Å². The molecule has 4 fully saturated rings. The molecule has 0 radical (unpaired) electrons. The minimum atomic E-state index is -0.735. The number of nitrogens with zero attached hydrogens (tertiary/aromatic N) is 1. The lowest BCUT2D eigenvalue weighted by Gasteiger charge is -2.48. The van der Waals surface area contributed by atoms with Crippen LogP contribution in [-0.2, 0) is 19.2 Å². The van der Waals surface area contributed by atoms with Crippen LogP contribution in [0.1, 0.15) is 64.2 Å². The summed E-state index contributed by atoms with van der Waals surface area (Å²) in [6.45, 7) is 0. The van der Waals surface area contributed by atoms with E-state index in [1.54, 1.807) is 14.1 Å². The maximum Gasteiger partial charge on any atom is 0.409 e.